The van der Waals surface area contributed by atoms with Crippen LogP contribution in [0.25, 0.3) is 0 Å². The third-order valence-corrected chi connectivity index (χ3v) is 2.08. The largest absolute Gasteiger partial charge is 0.287 e. The first-order chi connectivity index (χ1) is 5.54. The lowest BCUT2D eigenvalue weighted by Crippen LogP contribution is -2.07. The van der Waals surface area contributed by atoms with E-state index in [-0.39, 0.29) is 5.78 Å². The van der Waals surface area contributed by atoms with Crippen molar-refractivity contribution < 1.29 is 4.79 Å². The summed E-state index contributed by atoms with van der Waals surface area (Å²) in [5.41, 5.74) is 1.06. The van der Waals surface area contributed by atoms with Crippen LogP contribution in [0.4, 0.5) is 0 Å². The molecule has 0 spiro atoms. The molecule has 0 N–H and O–H groups in total. The van der Waals surface area contributed by atoms with E-state index < -0.39 is 0 Å². The van der Waals surface area contributed by atoms with Crippen molar-refractivity contribution in [1.82, 2.24) is 9.78 Å². The smallest absolute Gasteiger partial charge is 0.207 e. The first-order valence-electron chi connectivity index (χ1n) is 3.41. The van der Waals surface area contributed by atoms with Crippen molar-refractivity contribution in [3.8, 4) is 0 Å². The van der Waals surface area contributed by atoms with Gasteiger partial charge in [-0.25, -0.2) is 0 Å². The minimum Gasteiger partial charge on any atom is -0.287 e. The molecule has 0 saturated carbocycles. The van der Waals surface area contributed by atoms with Gasteiger partial charge in [-0.05, 0) is 28.4 Å². The Hall–Kier alpha value is -0.900. The molecule has 0 unspecified atom stereocenters. The molecule has 12 heavy (non-hydrogen) atoms. The lowest BCUT2D eigenvalue weighted by Gasteiger charge is -2.00. The number of aryl methyl sites for hydroxylation is 1. The summed E-state index contributed by atoms with van der Waals surface area (Å²) in [6, 6.07) is 0. The molecule has 64 valence electrons. The fourth-order valence-corrected chi connectivity index (χ4v) is 1.40. The number of aromatic nitrogens is 2. The van der Waals surface area contributed by atoms with Gasteiger partial charge >= 0.3 is 0 Å². The van der Waals surface area contributed by atoms with Gasteiger partial charge in [0.15, 0.2) is 0 Å². The number of hydrogen-bond acceptors (Lipinski definition) is 2. The number of carbonyl (C=O) groups excluding carboxylic acids is 1. The van der Waals surface area contributed by atoms with Crippen molar-refractivity contribution >= 4 is 21.7 Å². The highest BCUT2D eigenvalue weighted by atomic mass is 79.9. The maximum atomic E-state index is 11.5. The fourth-order valence-electron chi connectivity index (χ4n) is 0.868. The van der Waals surface area contributed by atoms with Crippen LogP contribution in [0.1, 0.15) is 17.4 Å². The zero-order valence-corrected chi connectivity index (χ0v) is 8.55. The topological polar surface area (TPSA) is 34.9 Å². The molecule has 1 aromatic rings. The van der Waals surface area contributed by atoms with Gasteiger partial charge < -0.3 is 0 Å². The molecule has 0 bridgehead atoms. The zero-order chi connectivity index (χ0) is 9.30. The van der Waals surface area contributed by atoms with Gasteiger partial charge in [0.2, 0.25) is 5.78 Å². The normalized spacial score (nSPS) is 9.92. The number of allylic oxidation sites excluding steroid dienone is 1. The summed E-state index contributed by atoms with van der Waals surface area (Å²) in [7, 11) is 1.72. The Morgan fingerprint density at radius 2 is 2.33 bits per heavy atom. The highest BCUT2D eigenvalue weighted by molar-refractivity contribution is 9.10. The van der Waals surface area contributed by atoms with E-state index in [2.05, 4.69) is 27.6 Å². The van der Waals surface area contributed by atoms with E-state index in [1.165, 1.54) is 4.68 Å². The Kier molecular flexibility index (Phi) is 2.47. The number of Topliss-reactive ketones (excluding diaryl/α,β-unsaturated/α-hetero) is 1. The van der Waals surface area contributed by atoms with Gasteiger partial charge in [-0.3, -0.25) is 9.48 Å². The Labute approximate surface area is 79.2 Å². The van der Waals surface area contributed by atoms with Gasteiger partial charge in [-0.15, -0.1) is 0 Å². The van der Waals surface area contributed by atoms with Gasteiger partial charge in [0.25, 0.3) is 0 Å². The van der Waals surface area contributed by atoms with Crippen molar-refractivity contribution in [3.05, 3.63) is 28.5 Å². The first kappa shape index (κ1) is 9.19. The molecule has 0 atom stereocenters. The summed E-state index contributed by atoms with van der Waals surface area (Å²) in [4.78, 5) is 11.5. The summed E-state index contributed by atoms with van der Waals surface area (Å²) in [5.74, 6) is -0.0816. The third-order valence-electron chi connectivity index (χ3n) is 1.50. The van der Waals surface area contributed by atoms with Crippen molar-refractivity contribution in [2.24, 2.45) is 7.05 Å². The number of carbonyl (C=O) groups is 1. The summed E-state index contributed by atoms with van der Waals surface area (Å²) >= 11 is 3.24. The number of halogens is 1. The molecule has 1 rings (SSSR count). The fraction of sp³-hybridized carbons (Fsp3) is 0.250. The van der Waals surface area contributed by atoms with E-state index in [0.29, 0.717) is 15.7 Å². The number of rotatable bonds is 2. The molecule has 0 aliphatic heterocycles. The summed E-state index contributed by atoms with van der Waals surface area (Å²) in [6.45, 7) is 5.26. The van der Waals surface area contributed by atoms with Gasteiger partial charge in [-0.2, -0.15) is 5.10 Å². The van der Waals surface area contributed by atoms with Crippen LogP contribution in [0.5, 0.6) is 0 Å². The van der Waals surface area contributed by atoms with Crippen molar-refractivity contribution in [1.29, 1.82) is 0 Å². The van der Waals surface area contributed by atoms with Gasteiger partial charge in [0.1, 0.15) is 5.69 Å². The Bertz CT molecular complexity index is 321. The predicted molar refractivity (Wildman–Crippen MR) is 50.1 cm³/mol. The maximum absolute atomic E-state index is 11.5. The minimum absolute atomic E-state index is 0.0816. The van der Waals surface area contributed by atoms with E-state index in [4.69, 9.17) is 0 Å². The molecular weight excluding hydrogens is 220 g/mol. The molecule has 0 fully saturated rings. The van der Waals surface area contributed by atoms with E-state index in [9.17, 15) is 4.79 Å². The second-order valence-electron chi connectivity index (χ2n) is 2.57. The number of nitrogens with zero attached hydrogens (tertiary/aromatic N) is 2. The maximum Gasteiger partial charge on any atom is 0.207 e. The van der Waals surface area contributed by atoms with Crippen LogP contribution in [0.15, 0.2) is 22.8 Å². The van der Waals surface area contributed by atoms with Gasteiger partial charge in [-0.1, -0.05) is 6.58 Å². The van der Waals surface area contributed by atoms with E-state index in [1.54, 1.807) is 20.2 Å². The van der Waals surface area contributed by atoms with Crippen LogP contribution in [-0.2, 0) is 7.05 Å². The molecule has 1 aromatic heterocycles. The second kappa shape index (κ2) is 3.23. The molecule has 0 radical (unpaired) electrons. The third kappa shape index (κ3) is 1.48. The van der Waals surface area contributed by atoms with Gasteiger partial charge in [0.05, 0.1) is 10.7 Å². The highest BCUT2D eigenvalue weighted by Gasteiger charge is 2.14. The quantitative estimate of drug-likeness (QED) is 0.573. The molecule has 0 aliphatic carbocycles. The lowest BCUT2D eigenvalue weighted by molar-refractivity contribution is 0.102. The molecular formula is C8H9BrN2O. The average molecular weight is 229 g/mol. The van der Waals surface area contributed by atoms with Crippen LogP contribution in [0.2, 0.25) is 0 Å². The van der Waals surface area contributed by atoms with Crippen LogP contribution in [0, 0.1) is 0 Å². The van der Waals surface area contributed by atoms with E-state index in [0.717, 1.165) is 0 Å². The molecule has 4 heteroatoms. The standard InChI is InChI=1S/C8H9BrN2O/c1-5(2)8(12)7-6(9)4-10-11(7)3/h4H,1H2,2-3H3. The van der Waals surface area contributed by atoms with Crippen LogP contribution in [0.3, 0.4) is 0 Å². The van der Waals surface area contributed by atoms with Crippen LogP contribution >= 0.6 is 15.9 Å². The van der Waals surface area contributed by atoms with E-state index >= 15 is 0 Å². The van der Waals surface area contributed by atoms with Crippen molar-refractivity contribution in [2.75, 3.05) is 0 Å². The average Bonchev–Trinajstić information content (AvgIpc) is 2.30. The van der Waals surface area contributed by atoms with Crippen molar-refractivity contribution in [3.63, 3.8) is 0 Å². The molecule has 0 amide bonds. The van der Waals surface area contributed by atoms with Crippen LogP contribution < -0.4 is 0 Å². The summed E-state index contributed by atoms with van der Waals surface area (Å²) < 4.78 is 2.24. The summed E-state index contributed by atoms with van der Waals surface area (Å²) in [5, 5.41) is 3.93. The number of hydrogen-bond donors (Lipinski definition) is 0. The molecule has 0 aliphatic rings. The molecule has 3 nitrogen and oxygen atoms in total. The minimum atomic E-state index is -0.0816. The predicted octanol–water partition coefficient (Wildman–Crippen LogP) is 1.94. The van der Waals surface area contributed by atoms with Crippen LogP contribution in [-0.4, -0.2) is 15.6 Å². The molecule has 0 aromatic carbocycles. The van der Waals surface area contributed by atoms with Crippen molar-refractivity contribution in [2.45, 2.75) is 6.92 Å². The second-order valence-corrected chi connectivity index (χ2v) is 3.43. The van der Waals surface area contributed by atoms with E-state index in [1.807, 2.05) is 0 Å². The summed E-state index contributed by atoms with van der Waals surface area (Å²) in [6.07, 6.45) is 1.59. The SMILES string of the molecule is C=C(C)C(=O)c1c(Br)cnn1C. The lowest BCUT2D eigenvalue weighted by atomic mass is 10.2. The monoisotopic (exact) mass is 228 g/mol. The zero-order valence-electron chi connectivity index (χ0n) is 6.97. The Morgan fingerprint density at radius 3 is 2.67 bits per heavy atom. The first-order valence-corrected chi connectivity index (χ1v) is 4.21. The molecule has 0 saturated heterocycles. The highest BCUT2D eigenvalue weighted by Crippen LogP contribution is 2.17. The Morgan fingerprint density at radius 1 is 1.75 bits per heavy atom. The molecule has 1 heterocycles. The Balaban J connectivity index is 3.18. The van der Waals surface area contributed by atoms with Gasteiger partial charge in [0, 0.05) is 7.05 Å². The number of ketones is 1.